The minimum Gasteiger partial charge on any atom is -0.326 e. The fraction of sp³-hybridized carbons (Fsp3) is 0.133. The van der Waals surface area contributed by atoms with Crippen LogP contribution in [0.1, 0.15) is 17.0 Å². The van der Waals surface area contributed by atoms with Gasteiger partial charge in [-0.1, -0.05) is 29.8 Å². The molecule has 0 saturated carbocycles. The Morgan fingerprint density at radius 3 is 2.53 bits per heavy atom. The van der Waals surface area contributed by atoms with Crippen LogP contribution < -0.4 is 5.73 Å². The molecule has 0 atom stereocenters. The fourth-order valence-electron chi connectivity index (χ4n) is 2.12. The summed E-state index contributed by atoms with van der Waals surface area (Å²) in [6.07, 6.45) is 4.71. The molecule has 3 nitrogen and oxygen atoms in total. The lowest BCUT2D eigenvalue weighted by molar-refractivity contribution is 0.939. The van der Waals surface area contributed by atoms with E-state index in [1.807, 2.05) is 48.8 Å². The predicted molar refractivity (Wildman–Crippen MR) is 77.3 cm³/mol. The number of nitrogens with two attached hydrogens (primary N) is 1. The summed E-state index contributed by atoms with van der Waals surface area (Å²) in [4.78, 5) is 4.48. The van der Waals surface area contributed by atoms with Crippen molar-refractivity contribution in [2.75, 3.05) is 0 Å². The van der Waals surface area contributed by atoms with Gasteiger partial charge in [0.2, 0.25) is 0 Å². The predicted octanol–water partition coefficient (Wildman–Crippen LogP) is 3.04. The van der Waals surface area contributed by atoms with Crippen LogP contribution >= 0.6 is 11.6 Å². The van der Waals surface area contributed by atoms with Crippen LogP contribution in [0.25, 0.3) is 5.52 Å². The maximum atomic E-state index is 5.89. The molecule has 0 spiro atoms. The first-order valence-corrected chi connectivity index (χ1v) is 6.53. The molecule has 1 aromatic carbocycles. The molecule has 0 fully saturated rings. The van der Waals surface area contributed by atoms with Crippen LogP contribution in [0.15, 0.2) is 48.8 Å². The Morgan fingerprint density at radius 2 is 1.79 bits per heavy atom. The Kier molecular flexibility index (Phi) is 3.23. The molecular weight excluding hydrogens is 258 g/mol. The highest BCUT2D eigenvalue weighted by Gasteiger charge is 2.05. The summed E-state index contributed by atoms with van der Waals surface area (Å²) >= 11 is 5.89. The maximum absolute atomic E-state index is 5.89. The second kappa shape index (κ2) is 5.03. The van der Waals surface area contributed by atoms with Crippen molar-refractivity contribution in [3.8, 4) is 0 Å². The summed E-state index contributed by atoms with van der Waals surface area (Å²) in [7, 11) is 0. The van der Waals surface area contributed by atoms with Crippen LogP contribution in [0, 0.1) is 0 Å². The van der Waals surface area contributed by atoms with Crippen LogP contribution in [0.3, 0.4) is 0 Å². The molecular formula is C15H14ClN3. The molecule has 0 bridgehead atoms. The van der Waals surface area contributed by atoms with Gasteiger partial charge in [-0.05, 0) is 29.3 Å². The lowest BCUT2D eigenvalue weighted by Crippen LogP contribution is -2.01. The van der Waals surface area contributed by atoms with Gasteiger partial charge in [-0.15, -0.1) is 0 Å². The van der Waals surface area contributed by atoms with Crippen molar-refractivity contribution in [3.05, 3.63) is 70.8 Å². The van der Waals surface area contributed by atoms with Gasteiger partial charge in [-0.3, -0.25) is 0 Å². The fourth-order valence-corrected chi connectivity index (χ4v) is 2.25. The standard InChI is InChI=1S/C15H14ClN3/c16-13-4-1-11(2-5-13)7-15-18-9-14-6-3-12(8-17)10-19(14)15/h1-6,9-10H,7-8,17H2. The van der Waals surface area contributed by atoms with E-state index < -0.39 is 0 Å². The molecule has 0 unspecified atom stereocenters. The highest BCUT2D eigenvalue weighted by atomic mass is 35.5. The largest absolute Gasteiger partial charge is 0.326 e. The highest BCUT2D eigenvalue weighted by Crippen LogP contribution is 2.15. The number of imidazole rings is 1. The second-order valence-electron chi connectivity index (χ2n) is 4.51. The zero-order valence-electron chi connectivity index (χ0n) is 10.4. The van der Waals surface area contributed by atoms with Gasteiger partial charge in [0.05, 0.1) is 11.7 Å². The van der Waals surface area contributed by atoms with E-state index in [4.69, 9.17) is 17.3 Å². The SMILES string of the molecule is NCc1ccc2cnc(Cc3ccc(Cl)cc3)n2c1. The molecule has 2 N–H and O–H groups in total. The normalized spacial score (nSPS) is 11.1. The molecule has 2 aromatic heterocycles. The number of hydrogen-bond acceptors (Lipinski definition) is 2. The zero-order chi connectivity index (χ0) is 13.2. The number of fused-ring (bicyclic) bond motifs is 1. The lowest BCUT2D eigenvalue weighted by atomic mass is 10.1. The van der Waals surface area contributed by atoms with Gasteiger partial charge in [0.1, 0.15) is 5.82 Å². The first kappa shape index (κ1) is 12.2. The quantitative estimate of drug-likeness (QED) is 0.796. The monoisotopic (exact) mass is 271 g/mol. The van der Waals surface area contributed by atoms with Gasteiger partial charge < -0.3 is 10.1 Å². The molecule has 0 aliphatic heterocycles. The molecule has 0 aliphatic rings. The van der Waals surface area contributed by atoms with E-state index in [2.05, 4.69) is 9.38 Å². The van der Waals surface area contributed by atoms with Crippen molar-refractivity contribution in [3.63, 3.8) is 0 Å². The van der Waals surface area contributed by atoms with Gasteiger partial charge in [0.25, 0.3) is 0 Å². The molecule has 3 aromatic rings. The Hall–Kier alpha value is -1.84. The van der Waals surface area contributed by atoms with Crippen LogP contribution in [0.2, 0.25) is 5.02 Å². The molecule has 0 saturated heterocycles. The van der Waals surface area contributed by atoms with E-state index in [1.165, 1.54) is 5.56 Å². The number of hydrogen-bond donors (Lipinski definition) is 1. The summed E-state index contributed by atoms with van der Waals surface area (Å²) in [5.41, 5.74) is 9.05. The van der Waals surface area contributed by atoms with Crippen molar-refractivity contribution in [1.29, 1.82) is 0 Å². The molecule has 2 heterocycles. The number of nitrogens with zero attached hydrogens (tertiary/aromatic N) is 2. The average Bonchev–Trinajstić information content (AvgIpc) is 2.84. The first-order chi connectivity index (χ1) is 9.26. The number of halogens is 1. The summed E-state index contributed by atoms with van der Waals surface area (Å²) < 4.78 is 2.09. The van der Waals surface area contributed by atoms with E-state index >= 15 is 0 Å². The average molecular weight is 272 g/mol. The number of benzene rings is 1. The molecule has 0 amide bonds. The third-order valence-electron chi connectivity index (χ3n) is 3.18. The van der Waals surface area contributed by atoms with Crippen LogP contribution in [-0.2, 0) is 13.0 Å². The van der Waals surface area contributed by atoms with Crippen molar-refractivity contribution >= 4 is 17.1 Å². The van der Waals surface area contributed by atoms with E-state index in [-0.39, 0.29) is 0 Å². The molecule has 96 valence electrons. The van der Waals surface area contributed by atoms with Crippen LogP contribution in [0.4, 0.5) is 0 Å². The number of pyridine rings is 1. The Balaban J connectivity index is 1.98. The van der Waals surface area contributed by atoms with Crippen LogP contribution in [-0.4, -0.2) is 9.38 Å². The third kappa shape index (κ3) is 2.48. The summed E-state index contributed by atoms with van der Waals surface area (Å²) in [5.74, 6) is 1.01. The van der Waals surface area contributed by atoms with Crippen molar-refractivity contribution in [2.45, 2.75) is 13.0 Å². The summed E-state index contributed by atoms with van der Waals surface area (Å²) in [6.45, 7) is 0.536. The highest BCUT2D eigenvalue weighted by molar-refractivity contribution is 6.30. The Bertz CT molecular complexity index is 701. The first-order valence-electron chi connectivity index (χ1n) is 6.15. The van der Waals surface area contributed by atoms with Crippen molar-refractivity contribution < 1.29 is 0 Å². The van der Waals surface area contributed by atoms with Crippen LogP contribution in [0.5, 0.6) is 0 Å². The van der Waals surface area contributed by atoms with Crippen molar-refractivity contribution in [2.24, 2.45) is 5.73 Å². The minimum absolute atomic E-state index is 0.536. The molecule has 0 radical (unpaired) electrons. The van der Waals surface area contributed by atoms with Gasteiger partial charge in [-0.2, -0.15) is 0 Å². The van der Waals surface area contributed by atoms with E-state index in [9.17, 15) is 0 Å². The Morgan fingerprint density at radius 1 is 1.05 bits per heavy atom. The number of rotatable bonds is 3. The lowest BCUT2D eigenvalue weighted by Gasteiger charge is -2.04. The number of aromatic nitrogens is 2. The van der Waals surface area contributed by atoms with E-state index in [0.29, 0.717) is 6.54 Å². The van der Waals surface area contributed by atoms with Gasteiger partial charge in [-0.25, -0.2) is 4.98 Å². The molecule has 19 heavy (non-hydrogen) atoms. The maximum Gasteiger partial charge on any atom is 0.117 e. The van der Waals surface area contributed by atoms with Gasteiger partial charge in [0, 0.05) is 24.2 Å². The minimum atomic E-state index is 0.536. The summed E-state index contributed by atoms with van der Waals surface area (Å²) in [5, 5.41) is 0.752. The second-order valence-corrected chi connectivity index (χ2v) is 4.95. The zero-order valence-corrected chi connectivity index (χ0v) is 11.1. The smallest absolute Gasteiger partial charge is 0.117 e. The molecule has 4 heteroatoms. The summed E-state index contributed by atoms with van der Waals surface area (Å²) in [6, 6.07) is 11.9. The van der Waals surface area contributed by atoms with Gasteiger partial charge >= 0.3 is 0 Å². The van der Waals surface area contributed by atoms with E-state index in [0.717, 1.165) is 28.3 Å². The van der Waals surface area contributed by atoms with Crippen molar-refractivity contribution in [1.82, 2.24) is 9.38 Å². The third-order valence-corrected chi connectivity index (χ3v) is 3.43. The topological polar surface area (TPSA) is 43.3 Å². The van der Waals surface area contributed by atoms with E-state index in [1.54, 1.807) is 0 Å². The molecule has 0 aliphatic carbocycles. The van der Waals surface area contributed by atoms with Gasteiger partial charge in [0.15, 0.2) is 0 Å². The Labute approximate surface area is 116 Å². The molecule has 3 rings (SSSR count).